The molecule has 1 aliphatic carbocycles. The molecule has 1 aromatic carbocycles. The van der Waals surface area contributed by atoms with Crippen LogP contribution in [0.4, 0.5) is 5.13 Å². The minimum Gasteiger partial charge on any atom is -0.543 e. The molecule has 0 spiro atoms. The molecule has 0 bridgehead atoms. The van der Waals surface area contributed by atoms with E-state index in [0.29, 0.717) is 11.3 Å². The number of thiazole rings is 1. The molecular formula is C25H25N7O5S2. The number of carboxylic acid groups (broad SMARTS) is 1. The van der Waals surface area contributed by atoms with E-state index in [2.05, 4.69) is 27.6 Å². The van der Waals surface area contributed by atoms with E-state index in [9.17, 15) is 19.5 Å². The van der Waals surface area contributed by atoms with Gasteiger partial charge >= 0.3 is 0 Å². The van der Waals surface area contributed by atoms with Crippen molar-refractivity contribution in [3.8, 4) is 0 Å². The lowest BCUT2D eigenvalue weighted by Crippen LogP contribution is -2.71. The third kappa shape index (κ3) is 4.23. The molecule has 1 fully saturated rings. The molecule has 2 atom stereocenters. The minimum atomic E-state index is -1.42. The summed E-state index contributed by atoms with van der Waals surface area (Å²) in [6, 6.07) is 3.48. The highest BCUT2D eigenvalue weighted by Gasteiger charge is 2.53. The fraction of sp³-hybridized carbons (Fsp3) is 0.360. The number of carboxylic acids is 1. The predicted octanol–water partition coefficient (Wildman–Crippen LogP) is -0.552. The summed E-state index contributed by atoms with van der Waals surface area (Å²) in [5.41, 5.74) is 9.97. The summed E-state index contributed by atoms with van der Waals surface area (Å²) in [5, 5.41) is 20.9. The number of benzene rings is 1. The number of rotatable bonds is 7. The van der Waals surface area contributed by atoms with Crippen LogP contribution in [0.1, 0.15) is 23.2 Å². The quantitative estimate of drug-likeness (QED) is 0.167. The Morgan fingerprint density at radius 3 is 2.79 bits per heavy atom. The first-order chi connectivity index (χ1) is 18.8. The van der Waals surface area contributed by atoms with Crippen LogP contribution in [0.25, 0.3) is 10.9 Å². The Balaban J connectivity index is 1.24. The van der Waals surface area contributed by atoms with E-state index in [0.717, 1.165) is 41.5 Å². The molecule has 14 heteroatoms. The monoisotopic (exact) mass is 567 g/mol. The first-order valence-electron chi connectivity index (χ1n) is 12.3. The van der Waals surface area contributed by atoms with Crippen molar-refractivity contribution in [3.63, 3.8) is 0 Å². The van der Waals surface area contributed by atoms with Gasteiger partial charge in [-0.1, -0.05) is 5.16 Å². The van der Waals surface area contributed by atoms with E-state index < -0.39 is 29.2 Å². The molecule has 39 heavy (non-hydrogen) atoms. The number of β-lactam (4-membered cyclic amide) rings is 1. The molecule has 202 valence electrons. The number of carbonyl (C=O) groups excluding carboxylic acids is 3. The Labute approximate surface area is 231 Å². The Hall–Kier alpha value is -3.91. The van der Waals surface area contributed by atoms with Crippen molar-refractivity contribution in [2.24, 2.45) is 12.2 Å². The van der Waals surface area contributed by atoms with E-state index in [1.54, 1.807) is 5.38 Å². The van der Waals surface area contributed by atoms with Crippen molar-refractivity contribution in [1.82, 2.24) is 19.9 Å². The first kappa shape index (κ1) is 25.4. The van der Waals surface area contributed by atoms with Crippen LogP contribution in [-0.2, 0) is 45.7 Å². The lowest BCUT2D eigenvalue weighted by Gasteiger charge is -2.50. The van der Waals surface area contributed by atoms with Crippen molar-refractivity contribution < 1.29 is 29.0 Å². The second-order valence-electron chi connectivity index (χ2n) is 9.58. The molecule has 2 aromatic heterocycles. The van der Waals surface area contributed by atoms with Crippen LogP contribution in [0.5, 0.6) is 0 Å². The van der Waals surface area contributed by atoms with E-state index in [-0.39, 0.29) is 28.8 Å². The van der Waals surface area contributed by atoms with Crippen LogP contribution in [0, 0.1) is 0 Å². The number of nitrogens with two attached hydrogens (primary N) is 1. The molecule has 4 heterocycles. The normalized spacial score (nSPS) is 20.6. The molecule has 2 aliphatic heterocycles. The standard InChI is InChI=1S/C25H25N7O5S2/c1-30-17-7-13-5-3-4-12(13)6-14(17)8-31(30)9-15-10-38-23-19(22(34)32(23)20(15)24(35)36)28-21(33)18(29-37-2)16-11-39-25(26)27-16/h6-8,11,19,23H,3-5,9-10H2,1-2H3,(H3-,26,27,28,33,35,36)/b29-18-/t19-,23-/m1/s1. The number of nitrogens with one attached hydrogen (secondary N) is 1. The van der Waals surface area contributed by atoms with Gasteiger partial charge in [-0.3, -0.25) is 14.5 Å². The number of aliphatic carboxylic acids is 1. The first-order valence-corrected chi connectivity index (χ1v) is 14.2. The molecule has 2 amide bonds. The highest BCUT2D eigenvalue weighted by Crippen LogP contribution is 2.40. The SMILES string of the molecule is CO/N=C(\C(=O)N[C@@H]1C(=O)N2C(C(=O)[O-])=C(C[n+]3cc4cc5c(cc4n3C)CCC5)CS[C@H]12)c1csc(N)n1. The lowest BCUT2D eigenvalue weighted by molar-refractivity contribution is -0.764. The topological polar surface area (TPSA) is 159 Å². The number of oxime groups is 1. The van der Waals surface area contributed by atoms with Crippen molar-refractivity contribution in [3.05, 3.63) is 51.8 Å². The van der Waals surface area contributed by atoms with Gasteiger partial charge < -0.3 is 25.8 Å². The van der Waals surface area contributed by atoms with Crippen LogP contribution in [-0.4, -0.2) is 62.3 Å². The van der Waals surface area contributed by atoms with Gasteiger partial charge in [-0.2, -0.15) is 4.68 Å². The summed E-state index contributed by atoms with van der Waals surface area (Å²) in [4.78, 5) is 48.4. The van der Waals surface area contributed by atoms with E-state index >= 15 is 0 Å². The second kappa shape index (κ2) is 9.68. The number of anilines is 1. The number of fused-ring (bicyclic) bond motifs is 3. The molecule has 1 saturated heterocycles. The molecule has 12 nitrogen and oxygen atoms in total. The predicted molar refractivity (Wildman–Crippen MR) is 142 cm³/mol. The van der Waals surface area contributed by atoms with Gasteiger partial charge in [0.2, 0.25) is 6.20 Å². The Bertz CT molecular complexity index is 1610. The van der Waals surface area contributed by atoms with Gasteiger partial charge in [0.25, 0.3) is 11.8 Å². The summed E-state index contributed by atoms with van der Waals surface area (Å²) in [7, 11) is 3.23. The number of nitrogens with zero attached hydrogens (tertiary/aromatic N) is 5. The molecular weight excluding hydrogens is 542 g/mol. The van der Waals surface area contributed by atoms with Gasteiger partial charge in [-0.25, -0.2) is 4.98 Å². The third-order valence-electron chi connectivity index (χ3n) is 7.31. The smallest absolute Gasteiger partial charge is 0.276 e. The number of thioether (sulfide) groups is 1. The Morgan fingerprint density at radius 2 is 2.10 bits per heavy atom. The zero-order valence-corrected chi connectivity index (χ0v) is 22.8. The Morgan fingerprint density at radius 1 is 1.33 bits per heavy atom. The third-order valence-corrected chi connectivity index (χ3v) is 9.32. The number of aryl methyl sites for hydroxylation is 3. The van der Waals surface area contributed by atoms with Crippen molar-refractivity contribution in [2.75, 3.05) is 18.6 Å². The number of carbonyl (C=O) groups is 3. The van der Waals surface area contributed by atoms with Crippen LogP contribution >= 0.6 is 23.1 Å². The van der Waals surface area contributed by atoms with Crippen LogP contribution < -0.4 is 20.8 Å². The number of aromatic nitrogens is 3. The van der Waals surface area contributed by atoms with Gasteiger partial charge in [0.1, 0.15) is 29.7 Å². The highest BCUT2D eigenvalue weighted by molar-refractivity contribution is 8.00. The van der Waals surface area contributed by atoms with Gasteiger partial charge in [0.05, 0.1) is 24.1 Å². The maximum absolute atomic E-state index is 13.1. The average molecular weight is 568 g/mol. The number of nitrogen functional groups attached to an aromatic ring is 1. The van der Waals surface area contributed by atoms with Crippen molar-refractivity contribution in [2.45, 2.75) is 37.2 Å². The van der Waals surface area contributed by atoms with Gasteiger partial charge in [-0.05, 0) is 42.5 Å². The summed E-state index contributed by atoms with van der Waals surface area (Å²) < 4.78 is 3.96. The summed E-state index contributed by atoms with van der Waals surface area (Å²) in [6.45, 7) is 0.287. The van der Waals surface area contributed by atoms with E-state index in [4.69, 9.17) is 10.6 Å². The Kier molecular flexibility index (Phi) is 6.30. The van der Waals surface area contributed by atoms with Gasteiger partial charge in [-0.15, -0.1) is 27.8 Å². The van der Waals surface area contributed by atoms with Crippen molar-refractivity contribution >= 4 is 62.6 Å². The zero-order valence-electron chi connectivity index (χ0n) is 21.2. The van der Waals surface area contributed by atoms with Crippen molar-refractivity contribution in [1.29, 1.82) is 0 Å². The minimum absolute atomic E-state index is 0.132. The number of hydrogen-bond donors (Lipinski definition) is 2. The molecule has 3 N–H and O–H groups in total. The summed E-state index contributed by atoms with van der Waals surface area (Å²) >= 11 is 2.52. The van der Waals surface area contributed by atoms with E-state index in [1.807, 2.05) is 22.6 Å². The fourth-order valence-corrected chi connectivity index (χ4v) is 7.32. The fourth-order valence-electron chi connectivity index (χ4n) is 5.44. The van der Waals surface area contributed by atoms with Gasteiger partial charge in [0.15, 0.2) is 17.4 Å². The number of amides is 2. The molecule has 6 rings (SSSR count). The summed E-state index contributed by atoms with van der Waals surface area (Å²) in [6.07, 6.45) is 5.31. The average Bonchev–Trinajstić information content (AvgIpc) is 3.63. The molecule has 3 aliphatic rings. The lowest BCUT2D eigenvalue weighted by atomic mass is 10.0. The molecule has 3 aromatic rings. The van der Waals surface area contributed by atoms with E-state index in [1.165, 1.54) is 34.9 Å². The number of hydrogen-bond acceptors (Lipinski definition) is 10. The van der Waals surface area contributed by atoms with Crippen LogP contribution in [0.3, 0.4) is 0 Å². The van der Waals surface area contributed by atoms with Crippen LogP contribution in [0.15, 0.2) is 40.1 Å². The largest absolute Gasteiger partial charge is 0.543 e. The molecule has 0 radical (unpaired) electrons. The second-order valence-corrected chi connectivity index (χ2v) is 11.6. The molecule has 0 unspecified atom stereocenters. The zero-order chi connectivity index (χ0) is 27.4. The summed E-state index contributed by atoms with van der Waals surface area (Å²) in [5.74, 6) is -2.28. The maximum atomic E-state index is 13.1. The molecule has 0 saturated carbocycles. The maximum Gasteiger partial charge on any atom is 0.276 e. The highest BCUT2D eigenvalue weighted by atomic mass is 32.2. The van der Waals surface area contributed by atoms with Gasteiger partial charge in [0, 0.05) is 16.7 Å². The van der Waals surface area contributed by atoms with Crippen LogP contribution in [0.2, 0.25) is 0 Å².